The minimum atomic E-state index is -1.92. The smallest absolute Gasteiger partial charge is 0.337 e. The zero-order chi connectivity index (χ0) is 20.8. The van der Waals surface area contributed by atoms with Crippen molar-refractivity contribution in [3.63, 3.8) is 0 Å². The molecule has 1 aromatic carbocycles. The van der Waals surface area contributed by atoms with Crippen molar-refractivity contribution in [2.24, 2.45) is 0 Å². The second-order valence-corrected chi connectivity index (χ2v) is 13.4. The molecule has 0 aliphatic heterocycles. The molecule has 0 aliphatic rings. The van der Waals surface area contributed by atoms with Crippen LogP contribution in [0.3, 0.4) is 0 Å². The van der Waals surface area contributed by atoms with Crippen molar-refractivity contribution in [2.45, 2.75) is 71.7 Å². The predicted octanol–water partition coefficient (Wildman–Crippen LogP) is 5.11. The summed E-state index contributed by atoms with van der Waals surface area (Å²) in [7, 11) is -0.560. The van der Waals surface area contributed by atoms with E-state index in [9.17, 15) is 9.59 Å². The molecule has 0 unspecified atom stereocenters. The van der Waals surface area contributed by atoms with Crippen LogP contribution in [0.5, 0.6) is 0 Å². The number of esters is 2. The van der Waals surface area contributed by atoms with Gasteiger partial charge < -0.3 is 9.47 Å². The Kier molecular flexibility index (Phi) is 8.30. The van der Waals surface area contributed by atoms with E-state index in [1.165, 1.54) is 14.0 Å². The van der Waals surface area contributed by atoms with Gasteiger partial charge in [0, 0.05) is 18.1 Å². The summed E-state index contributed by atoms with van der Waals surface area (Å²) in [6.45, 7) is 15.0. The summed E-state index contributed by atoms with van der Waals surface area (Å²) in [5, 5.41) is 0. The summed E-state index contributed by atoms with van der Waals surface area (Å²) in [5.41, 5.74) is 7.13. The van der Waals surface area contributed by atoms with Crippen molar-refractivity contribution >= 4 is 20.0 Å². The summed E-state index contributed by atoms with van der Waals surface area (Å²) in [6, 6.07) is 5.19. The molecule has 0 N–H and O–H groups in total. The van der Waals surface area contributed by atoms with Gasteiger partial charge >= 0.3 is 11.9 Å². The molecule has 0 aliphatic carbocycles. The molecule has 4 nitrogen and oxygen atoms in total. The van der Waals surface area contributed by atoms with Gasteiger partial charge in [-0.1, -0.05) is 53.5 Å². The highest BCUT2D eigenvalue weighted by Crippen LogP contribution is 2.40. The fourth-order valence-electron chi connectivity index (χ4n) is 3.85. The minimum absolute atomic E-state index is 0.139. The first-order chi connectivity index (χ1) is 12.6. The fraction of sp³-hybridized carbons (Fsp3) is 0.545. The molecular weight excluding hydrogens is 356 g/mol. The van der Waals surface area contributed by atoms with Crippen LogP contribution in [0.15, 0.2) is 18.2 Å². The lowest BCUT2D eigenvalue weighted by Gasteiger charge is -2.38. The molecule has 27 heavy (non-hydrogen) atoms. The van der Waals surface area contributed by atoms with Gasteiger partial charge in [0.2, 0.25) is 0 Å². The van der Waals surface area contributed by atoms with Crippen LogP contribution in [0.4, 0.5) is 0 Å². The van der Waals surface area contributed by atoms with E-state index in [1.807, 2.05) is 0 Å². The quantitative estimate of drug-likeness (QED) is 0.386. The SMILES string of the molecule is COC(=O)c1ccc(COC(C)=O)c(C#C[Si](C(C)C)(C(C)C)C(C)C)c1. The predicted molar refractivity (Wildman–Crippen MR) is 111 cm³/mol. The molecule has 0 bridgehead atoms. The third kappa shape index (κ3) is 5.46. The van der Waals surface area contributed by atoms with Crippen LogP contribution < -0.4 is 0 Å². The lowest BCUT2D eigenvalue weighted by atomic mass is 10.0. The molecule has 0 fully saturated rings. The van der Waals surface area contributed by atoms with Crippen LogP contribution in [0.25, 0.3) is 0 Å². The van der Waals surface area contributed by atoms with Gasteiger partial charge in [0.05, 0.1) is 12.7 Å². The number of rotatable bonds is 6. The Morgan fingerprint density at radius 3 is 2.04 bits per heavy atom. The van der Waals surface area contributed by atoms with Crippen molar-refractivity contribution in [3.8, 4) is 11.5 Å². The van der Waals surface area contributed by atoms with Crippen molar-refractivity contribution in [1.29, 1.82) is 0 Å². The van der Waals surface area contributed by atoms with Crippen molar-refractivity contribution in [1.82, 2.24) is 0 Å². The van der Waals surface area contributed by atoms with Crippen LogP contribution in [-0.2, 0) is 20.9 Å². The van der Waals surface area contributed by atoms with Crippen LogP contribution in [0, 0.1) is 11.5 Å². The van der Waals surface area contributed by atoms with Gasteiger partial charge in [-0.15, -0.1) is 5.54 Å². The summed E-state index contributed by atoms with van der Waals surface area (Å²) < 4.78 is 9.98. The first-order valence-electron chi connectivity index (χ1n) is 9.44. The Morgan fingerprint density at radius 2 is 1.59 bits per heavy atom. The second kappa shape index (κ2) is 9.75. The zero-order valence-corrected chi connectivity index (χ0v) is 18.8. The van der Waals surface area contributed by atoms with Gasteiger partial charge in [0.15, 0.2) is 0 Å². The van der Waals surface area contributed by atoms with Crippen molar-refractivity contribution in [2.75, 3.05) is 7.11 Å². The molecular formula is C22H32O4Si. The average molecular weight is 389 g/mol. The average Bonchev–Trinajstić information content (AvgIpc) is 2.59. The first kappa shape index (κ1) is 23.0. The third-order valence-electron chi connectivity index (χ3n) is 5.24. The molecule has 0 saturated heterocycles. The number of methoxy groups -OCH3 is 1. The Labute approximate surface area is 164 Å². The van der Waals surface area contributed by atoms with Crippen LogP contribution in [-0.4, -0.2) is 27.1 Å². The largest absolute Gasteiger partial charge is 0.465 e. The number of hydrogen-bond donors (Lipinski definition) is 0. The standard InChI is InChI=1S/C22H32O4Si/c1-15(2)27(16(3)4,17(5)6)12-11-19-13-20(22(24)25-8)9-10-21(19)14-26-18(7)23/h9-10,13,15-17H,14H2,1-8H3. The highest BCUT2D eigenvalue weighted by Gasteiger charge is 2.41. The van der Waals surface area contributed by atoms with E-state index in [4.69, 9.17) is 9.47 Å². The Morgan fingerprint density at radius 1 is 1.04 bits per heavy atom. The van der Waals surface area contributed by atoms with Gasteiger partial charge in [0.1, 0.15) is 14.7 Å². The number of carbonyl (C=O) groups is 2. The zero-order valence-electron chi connectivity index (χ0n) is 17.8. The van der Waals surface area contributed by atoms with E-state index in [1.54, 1.807) is 18.2 Å². The molecule has 5 heteroatoms. The van der Waals surface area contributed by atoms with Gasteiger partial charge in [-0.3, -0.25) is 4.79 Å². The molecule has 0 saturated carbocycles. The van der Waals surface area contributed by atoms with Crippen LogP contribution in [0.1, 0.15) is 70.0 Å². The maximum absolute atomic E-state index is 11.9. The molecule has 0 heterocycles. The maximum atomic E-state index is 11.9. The number of hydrogen-bond acceptors (Lipinski definition) is 4. The van der Waals surface area contributed by atoms with Crippen molar-refractivity contribution < 1.29 is 19.1 Å². The normalized spacial score (nSPS) is 11.4. The summed E-state index contributed by atoms with van der Waals surface area (Å²) in [4.78, 5) is 23.1. The van der Waals surface area contributed by atoms with Gasteiger partial charge in [-0.2, -0.15) is 0 Å². The van der Waals surface area contributed by atoms with Crippen molar-refractivity contribution in [3.05, 3.63) is 34.9 Å². The minimum Gasteiger partial charge on any atom is -0.465 e. The van der Waals surface area contributed by atoms with E-state index in [0.29, 0.717) is 22.2 Å². The molecule has 0 radical (unpaired) electrons. The number of ether oxygens (including phenoxy) is 2. The van der Waals surface area contributed by atoms with E-state index < -0.39 is 14.0 Å². The Balaban J connectivity index is 3.51. The molecule has 1 aromatic rings. The van der Waals surface area contributed by atoms with Gasteiger partial charge in [0.25, 0.3) is 0 Å². The molecule has 0 atom stereocenters. The lowest BCUT2D eigenvalue weighted by molar-refractivity contribution is -0.142. The monoisotopic (exact) mass is 388 g/mol. The molecule has 0 amide bonds. The second-order valence-electron chi connectivity index (χ2n) is 7.79. The maximum Gasteiger partial charge on any atom is 0.337 e. The summed E-state index contributed by atoms with van der Waals surface area (Å²) in [5.74, 6) is 2.60. The Hall–Kier alpha value is -2.06. The lowest BCUT2D eigenvalue weighted by Crippen LogP contribution is -2.43. The topological polar surface area (TPSA) is 52.6 Å². The molecule has 0 aromatic heterocycles. The highest BCUT2D eigenvalue weighted by atomic mass is 28.3. The first-order valence-corrected chi connectivity index (χ1v) is 11.7. The molecule has 1 rings (SSSR count). The van der Waals surface area contributed by atoms with E-state index in [0.717, 1.165) is 11.1 Å². The van der Waals surface area contributed by atoms with Gasteiger partial charge in [-0.05, 0) is 28.8 Å². The van der Waals surface area contributed by atoms with E-state index in [-0.39, 0.29) is 12.6 Å². The van der Waals surface area contributed by atoms with E-state index >= 15 is 0 Å². The highest BCUT2D eigenvalue weighted by molar-refractivity contribution is 6.90. The number of carbonyl (C=O) groups excluding carboxylic acids is 2. The molecule has 0 spiro atoms. The van der Waals surface area contributed by atoms with Gasteiger partial charge in [-0.25, -0.2) is 4.79 Å². The van der Waals surface area contributed by atoms with Crippen LogP contribution in [0.2, 0.25) is 16.6 Å². The number of benzene rings is 1. The van der Waals surface area contributed by atoms with E-state index in [2.05, 4.69) is 53.0 Å². The summed E-state index contributed by atoms with van der Waals surface area (Å²) in [6.07, 6.45) is 0. The molecule has 148 valence electrons. The third-order valence-corrected chi connectivity index (χ3v) is 11.5. The fourth-order valence-corrected chi connectivity index (χ4v) is 9.07. The Bertz CT molecular complexity index is 717. The summed E-state index contributed by atoms with van der Waals surface area (Å²) >= 11 is 0. The van der Waals surface area contributed by atoms with Crippen LogP contribution >= 0.6 is 0 Å².